The number of anilines is 3. The Balaban J connectivity index is 1.42. The summed E-state index contributed by atoms with van der Waals surface area (Å²) in [6.45, 7) is 3.22. The third-order valence-electron chi connectivity index (χ3n) is 4.99. The number of aryl methyl sites for hydroxylation is 1. The van der Waals surface area contributed by atoms with Gasteiger partial charge in [-0.05, 0) is 23.8 Å². The molecule has 1 N–H and O–H groups in total. The number of morpholine rings is 1. The van der Waals surface area contributed by atoms with E-state index in [1.54, 1.807) is 34.0 Å². The van der Waals surface area contributed by atoms with Crippen molar-refractivity contribution >= 4 is 28.4 Å². The van der Waals surface area contributed by atoms with E-state index in [2.05, 4.69) is 30.4 Å². The first-order valence-electron chi connectivity index (χ1n) is 9.70. The fourth-order valence-electron chi connectivity index (χ4n) is 3.56. The number of halogens is 1. The van der Waals surface area contributed by atoms with Crippen molar-refractivity contribution in [2.75, 3.05) is 36.5 Å². The number of nitrogens with zero attached hydrogens (tertiary/aromatic N) is 7. The molecule has 1 saturated heterocycles. The van der Waals surface area contributed by atoms with Crippen LogP contribution in [0.25, 0.3) is 11.0 Å². The molecule has 0 amide bonds. The van der Waals surface area contributed by atoms with Gasteiger partial charge in [-0.25, -0.2) is 14.1 Å². The van der Waals surface area contributed by atoms with Crippen LogP contribution in [0.2, 0.25) is 0 Å². The Morgan fingerprint density at radius 1 is 1.10 bits per heavy atom. The van der Waals surface area contributed by atoms with E-state index in [-0.39, 0.29) is 5.82 Å². The average molecular weight is 408 g/mol. The Morgan fingerprint density at radius 2 is 1.97 bits per heavy atom. The maximum absolute atomic E-state index is 14.3. The van der Waals surface area contributed by atoms with Gasteiger partial charge in [-0.15, -0.1) is 0 Å². The van der Waals surface area contributed by atoms with Crippen LogP contribution in [0.4, 0.5) is 21.7 Å². The molecule has 3 aromatic heterocycles. The topological polar surface area (TPSA) is 85.9 Å². The number of ether oxygens (including phenoxy) is 1. The zero-order valence-corrected chi connectivity index (χ0v) is 16.5. The summed E-state index contributed by atoms with van der Waals surface area (Å²) in [6, 6.07) is 5.10. The van der Waals surface area contributed by atoms with Crippen LogP contribution in [0.1, 0.15) is 5.56 Å². The second kappa shape index (κ2) is 7.71. The number of hydrogen-bond acceptors (Lipinski definition) is 7. The molecular weight excluding hydrogens is 387 g/mol. The van der Waals surface area contributed by atoms with Gasteiger partial charge < -0.3 is 15.0 Å². The van der Waals surface area contributed by atoms with Gasteiger partial charge >= 0.3 is 0 Å². The van der Waals surface area contributed by atoms with E-state index >= 15 is 0 Å². The molecule has 0 bridgehead atoms. The highest BCUT2D eigenvalue weighted by molar-refractivity contribution is 5.75. The number of hydrogen-bond donors (Lipinski definition) is 1. The summed E-state index contributed by atoms with van der Waals surface area (Å²) in [5.74, 6) is 0.185. The number of nitrogens with one attached hydrogen (secondary N) is 1. The molecule has 9 nitrogen and oxygen atoms in total. The van der Waals surface area contributed by atoms with Gasteiger partial charge in [0.2, 0.25) is 5.95 Å². The largest absolute Gasteiger partial charge is 0.378 e. The van der Waals surface area contributed by atoms with Crippen molar-refractivity contribution in [1.82, 2.24) is 29.5 Å². The van der Waals surface area contributed by atoms with Gasteiger partial charge in [0.25, 0.3) is 0 Å². The minimum Gasteiger partial charge on any atom is -0.378 e. The summed E-state index contributed by atoms with van der Waals surface area (Å²) in [5, 5.41) is 12.5. The zero-order valence-electron chi connectivity index (χ0n) is 16.5. The van der Waals surface area contributed by atoms with Gasteiger partial charge in [-0.1, -0.05) is 0 Å². The van der Waals surface area contributed by atoms with Crippen LogP contribution in [-0.2, 0) is 18.3 Å². The van der Waals surface area contributed by atoms with Crippen molar-refractivity contribution in [2.45, 2.75) is 6.54 Å². The predicted molar refractivity (Wildman–Crippen MR) is 110 cm³/mol. The van der Waals surface area contributed by atoms with E-state index in [4.69, 9.17) is 4.74 Å². The molecule has 0 atom stereocenters. The monoisotopic (exact) mass is 408 g/mol. The van der Waals surface area contributed by atoms with E-state index in [0.29, 0.717) is 31.4 Å². The van der Waals surface area contributed by atoms with Gasteiger partial charge in [0.15, 0.2) is 5.65 Å². The molecule has 1 aromatic carbocycles. The van der Waals surface area contributed by atoms with Crippen molar-refractivity contribution in [2.24, 2.45) is 7.05 Å². The lowest BCUT2D eigenvalue weighted by atomic mass is 10.1. The first kappa shape index (κ1) is 18.5. The third kappa shape index (κ3) is 3.81. The molecule has 154 valence electrons. The van der Waals surface area contributed by atoms with Crippen LogP contribution in [0.3, 0.4) is 0 Å². The summed E-state index contributed by atoms with van der Waals surface area (Å²) < 4.78 is 23.1. The molecule has 4 aromatic rings. The third-order valence-corrected chi connectivity index (χ3v) is 4.99. The molecule has 4 heterocycles. The van der Waals surface area contributed by atoms with Gasteiger partial charge in [0.1, 0.15) is 5.82 Å². The van der Waals surface area contributed by atoms with E-state index in [0.717, 1.165) is 35.4 Å². The molecule has 0 saturated carbocycles. The Bertz CT molecular complexity index is 1180. The normalized spacial score (nSPS) is 14.4. The number of rotatable bonds is 5. The average Bonchev–Trinajstić information content (AvgIpc) is 3.34. The molecule has 0 aliphatic carbocycles. The first-order valence-corrected chi connectivity index (χ1v) is 9.70. The van der Waals surface area contributed by atoms with Crippen molar-refractivity contribution < 1.29 is 9.13 Å². The molecule has 5 rings (SSSR count). The van der Waals surface area contributed by atoms with E-state index < -0.39 is 0 Å². The Labute approximate surface area is 172 Å². The highest BCUT2D eigenvalue weighted by atomic mass is 19.1. The highest BCUT2D eigenvalue weighted by Gasteiger charge is 2.14. The minimum absolute atomic E-state index is 0.265. The van der Waals surface area contributed by atoms with Crippen molar-refractivity contribution in [3.8, 4) is 0 Å². The molecule has 1 fully saturated rings. The molecule has 0 unspecified atom stereocenters. The number of fused-ring (bicyclic) bond motifs is 1. The summed E-state index contributed by atoms with van der Waals surface area (Å²) in [5.41, 5.74) is 3.15. The predicted octanol–water partition coefficient (Wildman–Crippen LogP) is 2.33. The van der Waals surface area contributed by atoms with E-state index in [1.807, 2.05) is 19.3 Å². The maximum Gasteiger partial charge on any atom is 0.229 e. The van der Waals surface area contributed by atoms with Crippen LogP contribution >= 0.6 is 0 Å². The quantitative estimate of drug-likeness (QED) is 0.542. The van der Waals surface area contributed by atoms with Crippen LogP contribution in [0, 0.1) is 5.82 Å². The van der Waals surface area contributed by atoms with Crippen molar-refractivity contribution in [3.05, 3.63) is 54.4 Å². The molecule has 1 aliphatic rings. The lowest BCUT2D eigenvalue weighted by molar-refractivity contribution is 0.122. The zero-order chi connectivity index (χ0) is 20.5. The first-order chi connectivity index (χ1) is 14.6. The second-order valence-electron chi connectivity index (χ2n) is 7.22. The van der Waals surface area contributed by atoms with Crippen molar-refractivity contribution in [1.29, 1.82) is 0 Å². The summed E-state index contributed by atoms with van der Waals surface area (Å²) >= 11 is 0. The lowest BCUT2D eigenvalue weighted by Gasteiger charge is -2.29. The standard InChI is InChI=1S/C20H21FN8O/c1-27-13-17(11-23-27)25-20-22-9-15-10-24-29(19(15)26-20)12-14-6-16(21)8-18(7-14)28-2-4-30-5-3-28/h6-11,13H,2-5,12H2,1H3,(H,22,25,26). The Morgan fingerprint density at radius 3 is 2.77 bits per heavy atom. The van der Waals surface area contributed by atoms with Crippen molar-refractivity contribution in [3.63, 3.8) is 0 Å². The van der Waals surface area contributed by atoms with Crippen LogP contribution in [-0.4, -0.2) is 55.8 Å². The summed E-state index contributed by atoms with van der Waals surface area (Å²) in [6.07, 6.45) is 6.97. The molecule has 0 spiro atoms. The Kier molecular flexibility index (Phi) is 4.75. The smallest absolute Gasteiger partial charge is 0.229 e. The highest BCUT2D eigenvalue weighted by Crippen LogP contribution is 2.22. The maximum atomic E-state index is 14.3. The molecule has 1 aliphatic heterocycles. The Hall–Kier alpha value is -3.53. The molecule has 10 heteroatoms. The number of aromatic nitrogens is 6. The van der Waals surface area contributed by atoms with E-state index in [9.17, 15) is 4.39 Å². The van der Waals surface area contributed by atoms with Gasteiger partial charge in [0.05, 0.1) is 43.2 Å². The van der Waals surface area contributed by atoms with Crippen LogP contribution in [0.15, 0.2) is 43.0 Å². The fraction of sp³-hybridized carbons (Fsp3) is 0.300. The lowest BCUT2D eigenvalue weighted by Crippen LogP contribution is -2.36. The van der Waals surface area contributed by atoms with Gasteiger partial charge in [-0.2, -0.15) is 15.2 Å². The van der Waals surface area contributed by atoms with Gasteiger partial charge in [-0.3, -0.25) is 4.68 Å². The summed E-state index contributed by atoms with van der Waals surface area (Å²) in [4.78, 5) is 11.1. The van der Waals surface area contributed by atoms with E-state index in [1.165, 1.54) is 6.07 Å². The SMILES string of the molecule is Cn1cc(Nc2ncc3cnn(Cc4cc(F)cc(N5CCOCC5)c4)c3n2)cn1. The fourth-order valence-corrected chi connectivity index (χ4v) is 3.56. The second-order valence-corrected chi connectivity index (χ2v) is 7.22. The van der Waals surface area contributed by atoms with Gasteiger partial charge in [0, 0.05) is 38.2 Å². The summed E-state index contributed by atoms with van der Waals surface area (Å²) in [7, 11) is 1.84. The minimum atomic E-state index is -0.265. The van der Waals surface area contributed by atoms with Crippen LogP contribution < -0.4 is 10.2 Å². The number of benzene rings is 1. The molecular formula is C20H21FN8O. The molecule has 30 heavy (non-hydrogen) atoms. The van der Waals surface area contributed by atoms with Crippen LogP contribution in [0.5, 0.6) is 0 Å². The molecule has 0 radical (unpaired) electrons.